The Morgan fingerprint density at radius 1 is 0.750 bits per heavy atom. The summed E-state index contributed by atoms with van der Waals surface area (Å²) in [5, 5.41) is 13.0. The smallest absolute Gasteiger partial charge is 0.266 e. The lowest BCUT2D eigenvalue weighted by Gasteiger charge is -2.23. The van der Waals surface area contributed by atoms with Crippen LogP contribution < -0.4 is 5.32 Å². The van der Waals surface area contributed by atoms with Gasteiger partial charge in [0, 0.05) is 6.42 Å². The van der Waals surface area contributed by atoms with Crippen LogP contribution in [0.3, 0.4) is 0 Å². The molecule has 0 aromatic carbocycles. The van der Waals surface area contributed by atoms with E-state index in [0.717, 1.165) is 77.0 Å². The SMILES string of the molecule is CCCCCC/C=C\C/C=C\CCCCCCCC(=O)NC(CS(=O)(=O)O)C(O)CCCCCCC. The molecular weight excluding hydrogens is 474 g/mol. The molecule has 0 saturated heterocycles. The first-order chi connectivity index (χ1) is 17.3. The lowest BCUT2D eigenvalue weighted by atomic mass is 10.0. The third-order valence-electron chi connectivity index (χ3n) is 6.41. The molecule has 2 atom stereocenters. The van der Waals surface area contributed by atoms with Crippen LogP contribution in [0.25, 0.3) is 0 Å². The van der Waals surface area contributed by atoms with Crippen molar-refractivity contribution in [2.24, 2.45) is 0 Å². The summed E-state index contributed by atoms with van der Waals surface area (Å²) < 4.78 is 31.9. The number of hydrogen-bond acceptors (Lipinski definition) is 4. The predicted molar refractivity (Wildman–Crippen MR) is 152 cm³/mol. The minimum absolute atomic E-state index is 0.268. The van der Waals surface area contributed by atoms with Gasteiger partial charge in [-0.25, -0.2) is 0 Å². The van der Waals surface area contributed by atoms with Crippen LogP contribution in [-0.2, 0) is 14.9 Å². The van der Waals surface area contributed by atoms with Gasteiger partial charge in [-0.1, -0.05) is 109 Å². The monoisotopic (exact) mass is 529 g/mol. The van der Waals surface area contributed by atoms with Crippen molar-refractivity contribution in [1.29, 1.82) is 0 Å². The summed E-state index contributed by atoms with van der Waals surface area (Å²) in [7, 11) is -4.29. The summed E-state index contributed by atoms with van der Waals surface area (Å²) in [6.07, 6.45) is 27.3. The number of carbonyl (C=O) groups excluding carboxylic acids is 1. The van der Waals surface area contributed by atoms with Gasteiger partial charge in [-0.05, 0) is 44.9 Å². The Morgan fingerprint density at radius 3 is 1.83 bits per heavy atom. The second-order valence-electron chi connectivity index (χ2n) is 10.0. The van der Waals surface area contributed by atoms with Gasteiger partial charge >= 0.3 is 0 Å². The summed E-state index contributed by atoms with van der Waals surface area (Å²) in [5.74, 6) is -0.924. The normalized spacial score (nSPS) is 14.0. The van der Waals surface area contributed by atoms with E-state index in [1.165, 1.54) is 32.1 Å². The largest absolute Gasteiger partial charge is 0.391 e. The Labute approximate surface area is 222 Å². The molecule has 0 spiro atoms. The molecule has 0 fully saturated rings. The number of rotatable bonds is 25. The molecule has 0 aliphatic carbocycles. The van der Waals surface area contributed by atoms with Gasteiger partial charge in [-0.2, -0.15) is 8.42 Å². The van der Waals surface area contributed by atoms with Gasteiger partial charge < -0.3 is 10.4 Å². The van der Waals surface area contributed by atoms with Crippen molar-refractivity contribution in [1.82, 2.24) is 5.32 Å². The van der Waals surface area contributed by atoms with E-state index in [0.29, 0.717) is 12.8 Å². The van der Waals surface area contributed by atoms with Gasteiger partial charge in [0.2, 0.25) is 5.91 Å². The van der Waals surface area contributed by atoms with E-state index < -0.39 is 28.0 Å². The first kappa shape index (κ1) is 34.8. The van der Waals surface area contributed by atoms with E-state index in [9.17, 15) is 22.9 Å². The maximum atomic E-state index is 12.3. The Balaban J connectivity index is 3.95. The van der Waals surface area contributed by atoms with Gasteiger partial charge in [0.1, 0.15) is 0 Å². The minimum atomic E-state index is -4.29. The van der Waals surface area contributed by atoms with Gasteiger partial charge in [0.15, 0.2) is 0 Å². The zero-order chi connectivity index (χ0) is 26.9. The topological polar surface area (TPSA) is 104 Å². The molecule has 0 heterocycles. The second-order valence-corrected chi connectivity index (χ2v) is 11.5. The van der Waals surface area contributed by atoms with Crippen LogP contribution in [0.15, 0.2) is 24.3 Å². The molecule has 0 rings (SSSR count). The molecule has 1 amide bonds. The van der Waals surface area contributed by atoms with Crippen molar-refractivity contribution in [2.75, 3.05) is 5.75 Å². The Hall–Kier alpha value is -1.18. The average molecular weight is 530 g/mol. The highest BCUT2D eigenvalue weighted by molar-refractivity contribution is 7.85. The highest BCUT2D eigenvalue weighted by atomic mass is 32.2. The molecule has 0 aliphatic heterocycles. The van der Waals surface area contributed by atoms with Crippen molar-refractivity contribution in [3.05, 3.63) is 24.3 Å². The number of unbranched alkanes of at least 4 members (excludes halogenated alkanes) is 13. The van der Waals surface area contributed by atoms with E-state index in [2.05, 4.69) is 43.5 Å². The number of allylic oxidation sites excluding steroid dienone is 4. The van der Waals surface area contributed by atoms with E-state index in [-0.39, 0.29) is 5.91 Å². The molecule has 6 nitrogen and oxygen atoms in total. The Morgan fingerprint density at radius 2 is 1.25 bits per heavy atom. The van der Waals surface area contributed by atoms with Crippen LogP contribution in [0.1, 0.15) is 136 Å². The fourth-order valence-corrected chi connectivity index (χ4v) is 4.95. The summed E-state index contributed by atoms with van der Waals surface area (Å²) in [6.45, 7) is 4.36. The van der Waals surface area contributed by atoms with Crippen LogP contribution in [0.5, 0.6) is 0 Å². The van der Waals surface area contributed by atoms with Crippen LogP contribution in [0, 0.1) is 0 Å². The van der Waals surface area contributed by atoms with E-state index in [4.69, 9.17) is 0 Å². The third-order valence-corrected chi connectivity index (χ3v) is 7.19. The minimum Gasteiger partial charge on any atom is -0.391 e. The number of carbonyl (C=O) groups is 1. The quantitative estimate of drug-likeness (QED) is 0.0654. The lowest BCUT2D eigenvalue weighted by Crippen LogP contribution is -2.47. The fraction of sp³-hybridized carbons (Fsp3) is 0.828. The molecule has 36 heavy (non-hydrogen) atoms. The van der Waals surface area contributed by atoms with Crippen LogP contribution in [-0.4, -0.2) is 41.9 Å². The molecule has 0 aromatic rings. The fourth-order valence-electron chi connectivity index (χ4n) is 4.19. The van der Waals surface area contributed by atoms with Crippen molar-refractivity contribution >= 4 is 16.0 Å². The van der Waals surface area contributed by atoms with Crippen molar-refractivity contribution < 1.29 is 22.9 Å². The number of amides is 1. The summed E-state index contributed by atoms with van der Waals surface area (Å²) in [4.78, 5) is 12.3. The first-order valence-electron chi connectivity index (χ1n) is 14.5. The molecule has 0 bridgehead atoms. The molecule has 212 valence electrons. The van der Waals surface area contributed by atoms with Crippen molar-refractivity contribution in [3.8, 4) is 0 Å². The molecule has 7 heteroatoms. The third kappa shape index (κ3) is 24.5. The van der Waals surface area contributed by atoms with Gasteiger partial charge in [0.05, 0.1) is 17.9 Å². The molecular formula is C29H55NO5S. The maximum Gasteiger partial charge on any atom is 0.266 e. The molecule has 2 unspecified atom stereocenters. The highest BCUT2D eigenvalue weighted by Crippen LogP contribution is 2.12. The lowest BCUT2D eigenvalue weighted by molar-refractivity contribution is -0.122. The maximum absolute atomic E-state index is 12.3. The molecule has 3 N–H and O–H groups in total. The zero-order valence-corrected chi connectivity index (χ0v) is 24.0. The second kappa shape index (κ2) is 24.2. The van der Waals surface area contributed by atoms with Crippen LogP contribution in [0.2, 0.25) is 0 Å². The van der Waals surface area contributed by atoms with Crippen LogP contribution >= 0.6 is 0 Å². The predicted octanol–water partition coefficient (Wildman–Crippen LogP) is 7.28. The summed E-state index contributed by atoms with van der Waals surface area (Å²) >= 11 is 0. The van der Waals surface area contributed by atoms with Gasteiger partial charge in [0.25, 0.3) is 10.1 Å². The molecule has 0 radical (unpaired) electrons. The van der Waals surface area contributed by atoms with Crippen LogP contribution in [0.4, 0.5) is 0 Å². The number of aliphatic hydroxyl groups is 1. The summed E-state index contributed by atoms with van der Waals surface area (Å²) in [5.41, 5.74) is 0. The van der Waals surface area contributed by atoms with Gasteiger partial charge in [-0.15, -0.1) is 0 Å². The van der Waals surface area contributed by atoms with E-state index in [1.807, 2.05) is 0 Å². The Kier molecular flexibility index (Phi) is 23.4. The van der Waals surface area contributed by atoms with Crippen molar-refractivity contribution in [3.63, 3.8) is 0 Å². The highest BCUT2D eigenvalue weighted by Gasteiger charge is 2.25. The number of hydrogen-bond donors (Lipinski definition) is 3. The molecule has 0 aromatic heterocycles. The number of nitrogens with one attached hydrogen (secondary N) is 1. The van der Waals surface area contributed by atoms with Crippen molar-refractivity contribution in [2.45, 2.75) is 148 Å². The standard InChI is InChI=1S/C29H55NO5S/c1-3-5-7-9-10-11-12-13-14-15-16-17-18-19-21-23-25-29(32)30-27(26-36(33,34)35)28(31)24-22-20-8-6-4-2/h11-12,14-15,27-28,31H,3-10,13,16-26H2,1-2H3,(H,30,32)(H,33,34,35)/b12-11-,15-14-. The van der Waals surface area contributed by atoms with E-state index >= 15 is 0 Å². The average Bonchev–Trinajstić information content (AvgIpc) is 2.82. The van der Waals surface area contributed by atoms with E-state index in [1.54, 1.807) is 0 Å². The summed E-state index contributed by atoms with van der Waals surface area (Å²) in [6, 6.07) is -0.971. The molecule has 0 aliphatic rings. The Bertz CT molecular complexity index is 675. The van der Waals surface area contributed by atoms with Gasteiger partial charge in [-0.3, -0.25) is 9.35 Å². The first-order valence-corrected chi connectivity index (χ1v) is 16.1. The molecule has 0 saturated carbocycles. The number of aliphatic hydroxyl groups excluding tert-OH is 1. The zero-order valence-electron chi connectivity index (χ0n) is 23.1.